The Morgan fingerprint density at radius 2 is 2.04 bits per heavy atom. The quantitative estimate of drug-likeness (QED) is 0.676. The van der Waals surface area contributed by atoms with Crippen molar-refractivity contribution in [3.8, 4) is 17.2 Å². The minimum Gasteiger partial charge on any atom is -0.337 e. The minimum absolute atomic E-state index is 0.00637. The molecule has 4 nitrogen and oxygen atoms in total. The average Bonchev–Trinajstić information content (AvgIpc) is 2.72. The van der Waals surface area contributed by atoms with Gasteiger partial charge in [-0.25, -0.2) is 0 Å². The zero-order valence-electron chi connectivity index (χ0n) is 15.4. The minimum atomic E-state index is -0.0577. The topological polar surface area (TPSA) is 57.0 Å². The number of nitrogens with zero attached hydrogens (tertiary/aromatic N) is 3. The first-order chi connectivity index (χ1) is 13.2. The van der Waals surface area contributed by atoms with Crippen molar-refractivity contribution in [1.29, 1.82) is 5.26 Å². The van der Waals surface area contributed by atoms with Gasteiger partial charge in [0.05, 0.1) is 17.5 Å². The number of para-hydroxylation sites is 1. The third kappa shape index (κ3) is 3.41. The van der Waals surface area contributed by atoms with Gasteiger partial charge in [0.1, 0.15) is 0 Å². The molecule has 1 atom stereocenters. The zero-order valence-corrected chi connectivity index (χ0v) is 15.4. The first-order valence-electron chi connectivity index (χ1n) is 9.31. The molecule has 0 spiro atoms. The highest BCUT2D eigenvalue weighted by Gasteiger charge is 2.24. The number of pyridine rings is 1. The molecule has 0 N–H and O–H groups in total. The van der Waals surface area contributed by atoms with E-state index in [-0.39, 0.29) is 11.8 Å². The van der Waals surface area contributed by atoms with Gasteiger partial charge < -0.3 is 4.90 Å². The van der Waals surface area contributed by atoms with E-state index in [2.05, 4.69) is 23.2 Å². The third-order valence-corrected chi connectivity index (χ3v) is 5.16. The summed E-state index contributed by atoms with van der Waals surface area (Å²) in [6, 6.07) is 20.2. The largest absolute Gasteiger partial charge is 0.337 e. The first-order valence-corrected chi connectivity index (χ1v) is 9.31. The van der Waals surface area contributed by atoms with Crippen molar-refractivity contribution in [3.63, 3.8) is 0 Å². The van der Waals surface area contributed by atoms with Gasteiger partial charge in [-0.05, 0) is 55.2 Å². The summed E-state index contributed by atoms with van der Waals surface area (Å²) in [5.41, 5.74) is 4.67. The number of likely N-dealkylation sites (tertiary alicyclic amines) is 1. The van der Waals surface area contributed by atoms with E-state index in [0.29, 0.717) is 12.1 Å². The van der Waals surface area contributed by atoms with E-state index in [0.717, 1.165) is 47.1 Å². The van der Waals surface area contributed by atoms with Crippen molar-refractivity contribution in [2.75, 3.05) is 13.1 Å². The van der Waals surface area contributed by atoms with Crippen LogP contribution in [0.5, 0.6) is 0 Å². The first kappa shape index (κ1) is 17.2. The number of fused-ring (bicyclic) bond motifs is 1. The molecule has 1 saturated heterocycles. The standard InChI is InChI=1S/C23H21N3O/c1-16-12-21(20-9-2-3-10-22(20)25-16)18-7-4-8-19(13-18)23(27)26-11-5-6-17(14-24)15-26/h2-4,7-10,12-13,17H,5-6,11,15H2,1H3. The van der Waals surface area contributed by atoms with Crippen LogP contribution in [0.1, 0.15) is 28.9 Å². The second-order valence-electron chi connectivity index (χ2n) is 7.13. The van der Waals surface area contributed by atoms with Crippen LogP contribution in [-0.2, 0) is 0 Å². The lowest BCUT2D eigenvalue weighted by Gasteiger charge is -2.29. The lowest BCUT2D eigenvalue weighted by Crippen LogP contribution is -2.39. The molecule has 0 saturated carbocycles. The van der Waals surface area contributed by atoms with Crippen LogP contribution in [-0.4, -0.2) is 28.9 Å². The van der Waals surface area contributed by atoms with E-state index in [9.17, 15) is 10.1 Å². The molecule has 1 fully saturated rings. The van der Waals surface area contributed by atoms with E-state index in [1.54, 1.807) is 0 Å². The summed E-state index contributed by atoms with van der Waals surface area (Å²) >= 11 is 0. The molecule has 134 valence electrons. The highest BCUT2D eigenvalue weighted by Crippen LogP contribution is 2.29. The van der Waals surface area contributed by atoms with Crippen molar-refractivity contribution in [3.05, 3.63) is 65.9 Å². The van der Waals surface area contributed by atoms with Gasteiger partial charge >= 0.3 is 0 Å². The third-order valence-electron chi connectivity index (χ3n) is 5.16. The van der Waals surface area contributed by atoms with Crippen molar-refractivity contribution in [1.82, 2.24) is 9.88 Å². The molecule has 0 bridgehead atoms. The van der Waals surface area contributed by atoms with Crippen LogP contribution in [0.25, 0.3) is 22.0 Å². The lowest BCUT2D eigenvalue weighted by molar-refractivity contribution is 0.0699. The summed E-state index contributed by atoms with van der Waals surface area (Å²) in [6.45, 7) is 3.23. The maximum Gasteiger partial charge on any atom is 0.253 e. The Labute approximate surface area is 159 Å². The fourth-order valence-electron chi connectivity index (χ4n) is 3.82. The number of benzene rings is 2. The molecule has 2 aromatic carbocycles. The molecule has 4 heteroatoms. The molecule has 0 radical (unpaired) electrons. The number of rotatable bonds is 2. The molecule has 4 rings (SSSR count). The Kier molecular flexibility index (Phi) is 4.60. The molecule has 1 amide bonds. The second-order valence-corrected chi connectivity index (χ2v) is 7.13. The average molecular weight is 355 g/mol. The van der Waals surface area contributed by atoms with Gasteiger partial charge in [0, 0.05) is 29.7 Å². The molecule has 1 aromatic heterocycles. The number of carbonyl (C=O) groups is 1. The number of aryl methyl sites for hydroxylation is 1. The van der Waals surface area contributed by atoms with Crippen molar-refractivity contribution in [2.24, 2.45) is 5.92 Å². The summed E-state index contributed by atoms with van der Waals surface area (Å²) in [6.07, 6.45) is 1.76. The van der Waals surface area contributed by atoms with E-state index in [4.69, 9.17) is 0 Å². The van der Waals surface area contributed by atoms with Gasteiger partial charge in [0.25, 0.3) is 5.91 Å². The van der Waals surface area contributed by atoms with Gasteiger partial charge in [-0.3, -0.25) is 9.78 Å². The maximum absolute atomic E-state index is 13.0. The van der Waals surface area contributed by atoms with Crippen LogP contribution in [0.4, 0.5) is 0 Å². The van der Waals surface area contributed by atoms with Gasteiger partial charge in [-0.1, -0.05) is 30.3 Å². The number of piperidine rings is 1. The Bertz CT molecular complexity index is 1050. The van der Waals surface area contributed by atoms with Gasteiger partial charge in [-0.15, -0.1) is 0 Å². The number of aromatic nitrogens is 1. The predicted octanol–water partition coefficient (Wildman–Crippen LogP) is 4.59. The predicted molar refractivity (Wildman–Crippen MR) is 106 cm³/mol. The fourth-order valence-corrected chi connectivity index (χ4v) is 3.82. The highest BCUT2D eigenvalue weighted by molar-refractivity contribution is 5.99. The van der Waals surface area contributed by atoms with Crippen LogP contribution in [0, 0.1) is 24.2 Å². The summed E-state index contributed by atoms with van der Waals surface area (Å²) in [7, 11) is 0. The summed E-state index contributed by atoms with van der Waals surface area (Å²) in [5.74, 6) is -0.0513. The number of hydrogen-bond acceptors (Lipinski definition) is 3. The lowest BCUT2D eigenvalue weighted by atomic mass is 9.96. The summed E-state index contributed by atoms with van der Waals surface area (Å²) in [4.78, 5) is 19.4. The SMILES string of the molecule is Cc1cc(-c2cccc(C(=O)N3CCCC(C#N)C3)c2)c2ccccc2n1. The highest BCUT2D eigenvalue weighted by atomic mass is 16.2. The fraction of sp³-hybridized carbons (Fsp3) is 0.261. The summed E-state index contributed by atoms with van der Waals surface area (Å²) < 4.78 is 0. The molecule has 1 aliphatic heterocycles. The van der Waals surface area contributed by atoms with Crippen LogP contribution in [0.3, 0.4) is 0 Å². The van der Waals surface area contributed by atoms with E-state index >= 15 is 0 Å². The van der Waals surface area contributed by atoms with Crippen LogP contribution in [0.2, 0.25) is 0 Å². The van der Waals surface area contributed by atoms with Crippen molar-refractivity contribution < 1.29 is 4.79 Å². The molecule has 2 heterocycles. The molecular formula is C23H21N3O. The van der Waals surface area contributed by atoms with Crippen LogP contribution < -0.4 is 0 Å². The maximum atomic E-state index is 13.0. The van der Waals surface area contributed by atoms with Crippen molar-refractivity contribution in [2.45, 2.75) is 19.8 Å². The smallest absolute Gasteiger partial charge is 0.253 e. The Hall–Kier alpha value is -3.19. The van der Waals surface area contributed by atoms with Gasteiger partial charge in [0.15, 0.2) is 0 Å². The molecule has 1 aliphatic rings. The second kappa shape index (κ2) is 7.20. The molecular weight excluding hydrogens is 334 g/mol. The number of nitriles is 1. The van der Waals surface area contributed by atoms with Crippen molar-refractivity contribution >= 4 is 16.8 Å². The van der Waals surface area contributed by atoms with Crippen LogP contribution >= 0.6 is 0 Å². The zero-order chi connectivity index (χ0) is 18.8. The monoisotopic (exact) mass is 355 g/mol. The van der Waals surface area contributed by atoms with E-state index < -0.39 is 0 Å². The molecule has 27 heavy (non-hydrogen) atoms. The number of amides is 1. The van der Waals surface area contributed by atoms with E-state index in [1.807, 2.05) is 54.3 Å². The van der Waals surface area contributed by atoms with E-state index in [1.165, 1.54) is 0 Å². The normalized spacial score (nSPS) is 16.9. The van der Waals surface area contributed by atoms with Crippen LogP contribution in [0.15, 0.2) is 54.6 Å². The Morgan fingerprint density at radius 3 is 2.89 bits per heavy atom. The molecule has 0 aliphatic carbocycles. The summed E-state index contributed by atoms with van der Waals surface area (Å²) in [5, 5.41) is 10.3. The Morgan fingerprint density at radius 1 is 1.19 bits per heavy atom. The molecule has 3 aromatic rings. The Balaban J connectivity index is 1.72. The molecule has 1 unspecified atom stereocenters. The van der Waals surface area contributed by atoms with Gasteiger partial charge in [-0.2, -0.15) is 5.26 Å². The number of hydrogen-bond donors (Lipinski definition) is 0. The van der Waals surface area contributed by atoms with Gasteiger partial charge in [0.2, 0.25) is 0 Å². The number of carbonyl (C=O) groups excluding carboxylic acids is 1.